The Morgan fingerprint density at radius 1 is 1.13 bits per heavy atom. The Morgan fingerprint density at radius 3 is 2.47 bits per heavy atom. The number of benzene rings is 1. The summed E-state index contributed by atoms with van der Waals surface area (Å²) in [6.45, 7) is 9.53. The van der Waals surface area contributed by atoms with Crippen molar-refractivity contribution >= 4 is 5.96 Å². The van der Waals surface area contributed by atoms with Gasteiger partial charge in [0.1, 0.15) is 0 Å². The fraction of sp³-hybridized carbons (Fsp3) is 0.565. The van der Waals surface area contributed by atoms with E-state index in [9.17, 15) is 5.11 Å². The molecular formula is C23H36N6O. The summed E-state index contributed by atoms with van der Waals surface area (Å²) in [5, 5.41) is 20.9. The van der Waals surface area contributed by atoms with Crippen molar-refractivity contribution in [2.24, 2.45) is 4.99 Å². The molecule has 7 heteroatoms. The lowest BCUT2D eigenvalue weighted by Gasteiger charge is -2.29. The van der Waals surface area contributed by atoms with Gasteiger partial charge >= 0.3 is 0 Å². The van der Waals surface area contributed by atoms with Crippen LogP contribution in [0.2, 0.25) is 0 Å². The Bertz CT molecular complexity index is 806. The normalized spacial score (nSPS) is 16.1. The van der Waals surface area contributed by atoms with Gasteiger partial charge in [0.15, 0.2) is 5.96 Å². The first-order valence-corrected chi connectivity index (χ1v) is 11.0. The monoisotopic (exact) mass is 412 g/mol. The Morgan fingerprint density at radius 2 is 1.83 bits per heavy atom. The van der Waals surface area contributed by atoms with Crippen LogP contribution in [0.4, 0.5) is 0 Å². The quantitative estimate of drug-likeness (QED) is 0.352. The van der Waals surface area contributed by atoms with E-state index >= 15 is 0 Å². The molecule has 0 saturated carbocycles. The number of aliphatic hydroxyl groups excluding tert-OH is 1. The molecule has 1 aliphatic rings. The third-order valence-electron chi connectivity index (χ3n) is 5.61. The van der Waals surface area contributed by atoms with Gasteiger partial charge in [-0.05, 0) is 50.3 Å². The van der Waals surface area contributed by atoms with Gasteiger partial charge in [-0.3, -0.25) is 14.6 Å². The number of hydrogen-bond acceptors (Lipinski definition) is 4. The van der Waals surface area contributed by atoms with Crippen LogP contribution in [0, 0.1) is 13.8 Å². The summed E-state index contributed by atoms with van der Waals surface area (Å²) in [6.07, 6.45) is 2.65. The topological polar surface area (TPSA) is 77.7 Å². The minimum Gasteiger partial charge on any atom is -0.393 e. The number of piperidine rings is 1. The second kappa shape index (κ2) is 11.1. The zero-order valence-electron chi connectivity index (χ0n) is 18.6. The van der Waals surface area contributed by atoms with Crippen molar-refractivity contribution in [1.82, 2.24) is 25.3 Å². The van der Waals surface area contributed by atoms with Crippen molar-refractivity contribution in [3.63, 3.8) is 0 Å². The molecule has 2 aromatic rings. The largest absolute Gasteiger partial charge is 0.393 e. The van der Waals surface area contributed by atoms with Crippen LogP contribution >= 0.6 is 0 Å². The Kier molecular flexibility index (Phi) is 8.28. The van der Waals surface area contributed by atoms with Gasteiger partial charge in [0.2, 0.25) is 0 Å². The van der Waals surface area contributed by atoms with Gasteiger partial charge < -0.3 is 15.7 Å². The Hall–Kier alpha value is -2.38. The number of aryl methyl sites for hydroxylation is 3. The number of rotatable bonds is 8. The van der Waals surface area contributed by atoms with Crippen molar-refractivity contribution < 1.29 is 5.11 Å². The highest BCUT2D eigenvalue weighted by atomic mass is 16.3. The van der Waals surface area contributed by atoms with E-state index in [1.807, 2.05) is 6.92 Å². The lowest BCUT2D eigenvalue weighted by Crippen LogP contribution is -2.37. The van der Waals surface area contributed by atoms with E-state index in [4.69, 9.17) is 0 Å². The SMILES string of the molecule is CN=C(NCCCn1nc(C)cc1C)NCc1ccc(CN2CCC(O)CC2)cc1. The Balaban J connectivity index is 1.36. The molecule has 0 atom stereocenters. The van der Waals surface area contributed by atoms with Crippen LogP contribution < -0.4 is 10.6 Å². The maximum Gasteiger partial charge on any atom is 0.191 e. The Labute approximate surface area is 180 Å². The van der Waals surface area contributed by atoms with E-state index in [-0.39, 0.29) is 6.10 Å². The highest BCUT2D eigenvalue weighted by Gasteiger charge is 2.16. The lowest BCUT2D eigenvalue weighted by atomic mass is 10.1. The van der Waals surface area contributed by atoms with Crippen LogP contribution in [0.3, 0.4) is 0 Å². The van der Waals surface area contributed by atoms with Gasteiger partial charge in [-0.15, -0.1) is 0 Å². The van der Waals surface area contributed by atoms with Gasteiger partial charge in [0.25, 0.3) is 0 Å². The average Bonchev–Trinajstić information content (AvgIpc) is 3.07. The number of hydrogen-bond donors (Lipinski definition) is 3. The average molecular weight is 413 g/mol. The minimum absolute atomic E-state index is 0.114. The summed E-state index contributed by atoms with van der Waals surface area (Å²) in [6, 6.07) is 10.9. The first-order valence-electron chi connectivity index (χ1n) is 11.0. The molecule has 1 saturated heterocycles. The van der Waals surface area contributed by atoms with E-state index in [0.29, 0.717) is 0 Å². The minimum atomic E-state index is -0.114. The molecule has 1 aromatic carbocycles. The number of aliphatic imine (C=N–C) groups is 1. The second-order valence-electron chi connectivity index (χ2n) is 8.18. The van der Waals surface area contributed by atoms with Crippen LogP contribution in [0.1, 0.15) is 41.8 Å². The molecule has 1 fully saturated rings. The number of aliphatic hydroxyl groups is 1. The maximum absolute atomic E-state index is 9.63. The molecule has 0 spiro atoms. The summed E-state index contributed by atoms with van der Waals surface area (Å²) < 4.78 is 2.06. The van der Waals surface area contributed by atoms with Gasteiger partial charge in [-0.1, -0.05) is 24.3 Å². The molecule has 1 aliphatic heterocycles. The van der Waals surface area contributed by atoms with Gasteiger partial charge in [0.05, 0.1) is 11.8 Å². The number of nitrogens with one attached hydrogen (secondary N) is 2. The van der Waals surface area contributed by atoms with Crippen LogP contribution in [-0.2, 0) is 19.6 Å². The smallest absolute Gasteiger partial charge is 0.191 e. The van der Waals surface area contributed by atoms with E-state index in [0.717, 1.165) is 70.2 Å². The summed E-state index contributed by atoms with van der Waals surface area (Å²) in [7, 11) is 1.80. The van der Waals surface area contributed by atoms with E-state index in [1.165, 1.54) is 16.8 Å². The van der Waals surface area contributed by atoms with Crippen molar-refractivity contribution in [3.8, 4) is 0 Å². The molecule has 1 aromatic heterocycles. The molecule has 164 valence electrons. The van der Waals surface area contributed by atoms with Gasteiger partial charge in [0, 0.05) is 52.0 Å². The third-order valence-corrected chi connectivity index (χ3v) is 5.61. The van der Waals surface area contributed by atoms with Crippen molar-refractivity contribution in [1.29, 1.82) is 0 Å². The highest BCUT2D eigenvalue weighted by Crippen LogP contribution is 2.14. The zero-order valence-corrected chi connectivity index (χ0v) is 18.6. The first-order chi connectivity index (χ1) is 14.5. The lowest BCUT2D eigenvalue weighted by molar-refractivity contribution is 0.0792. The van der Waals surface area contributed by atoms with Crippen LogP contribution in [0.5, 0.6) is 0 Å². The van der Waals surface area contributed by atoms with Gasteiger partial charge in [-0.25, -0.2) is 0 Å². The van der Waals surface area contributed by atoms with E-state index in [1.54, 1.807) is 7.05 Å². The summed E-state index contributed by atoms with van der Waals surface area (Å²) in [5.41, 5.74) is 4.83. The molecule has 30 heavy (non-hydrogen) atoms. The van der Waals surface area contributed by atoms with Crippen LogP contribution in [0.25, 0.3) is 0 Å². The molecule has 3 rings (SSSR count). The molecule has 0 amide bonds. The van der Waals surface area contributed by atoms with E-state index in [2.05, 4.69) is 67.6 Å². The first kappa shape index (κ1) is 22.3. The molecule has 3 N–H and O–H groups in total. The fourth-order valence-electron chi connectivity index (χ4n) is 3.84. The molecule has 0 bridgehead atoms. The van der Waals surface area contributed by atoms with Crippen molar-refractivity contribution in [3.05, 3.63) is 52.8 Å². The molecular weight excluding hydrogens is 376 g/mol. The maximum atomic E-state index is 9.63. The molecule has 0 radical (unpaired) electrons. The summed E-state index contributed by atoms with van der Waals surface area (Å²) in [4.78, 5) is 6.73. The number of likely N-dealkylation sites (tertiary alicyclic amines) is 1. The predicted octanol–water partition coefficient (Wildman–Crippen LogP) is 2.21. The van der Waals surface area contributed by atoms with Crippen molar-refractivity contribution in [2.75, 3.05) is 26.7 Å². The molecule has 0 unspecified atom stereocenters. The fourth-order valence-corrected chi connectivity index (χ4v) is 3.84. The third kappa shape index (κ3) is 6.85. The molecule has 2 heterocycles. The van der Waals surface area contributed by atoms with E-state index < -0.39 is 0 Å². The molecule has 7 nitrogen and oxygen atoms in total. The standard InChI is InChI=1S/C23H36N6O/c1-18-15-19(2)29(27-18)12-4-11-25-23(24-3)26-16-20-5-7-21(8-6-20)17-28-13-9-22(30)10-14-28/h5-8,15,22,30H,4,9-14,16-17H2,1-3H3,(H2,24,25,26). The van der Waals surface area contributed by atoms with Gasteiger partial charge in [-0.2, -0.15) is 5.10 Å². The number of nitrogens with zero attached hydrogens (tertiary/aromatic N) is 4. The summed E-state index contributed by atoms with van der Waals surface area (Å²) in [5.74, 6) is 0.819. The number of guanidine groups is 1. The zero-order chi connectivity index (χ0) is 21.3. The second-order valence-corrected chi connectivity index (χ2v) is 8.18. The van der Waals surface area contributed by atoms with Crippen LogP contribution in [-0.4, -0.2) is 58.5 Å². The van der Waals surface area contributed by atoms with Crippen molar-refractivity contribution in [2.45, 2.75) is 58.8 Å². The highest BCUT2D eigenvalue weighted by molar-refractivity contribution is 5.79. The molecule has 0 aliphatic carbocycles. The summed E-state index contributed by atoms with van der Waals surface area (Å²) >= 11 is 0. The number of aromatic nitrogens is 2. The predicted molar refractivity (Wildman–Crippen MR) is 121 cm³/mol. The van der Waals surface area contributed by atoms with Crippen LogP contribution in [0.15, 0.2) is 35.3 Å².